The molecule has 118 valence electrons. The van der Waals surface area contributed by atoms with Gasteiger partial charge in [-0.25, -0.2) is 0 Å². The standard InChI is InChI=1S/C17H28N2O2/c1-17(2)8-7-14(10-17)18-15(20)13-4-3-9-19(11-13)16(21)12-5-6-12/h12-14H,3-11H2,1-2H3,(H,18,20). The van der Waals surface area contributed by atoms with Gasteiger partial charge in [-0.3, -0.25) is 9.59 Å². The van der Waals surface area contributed by atoms with Gasteiger partial charge in [-0.2, -0.15) is 0 Å². The molecular weight excluding hydrogens is 264 g/mol. The van der Waals surface area contributed by atoms with Gasteiger partial charge in [0.25, 0.3) is 0 Å². The molecule has 1 N–H and O–H groups in total. The van der Waals surface area contributed by atoms with Crippen LogP contribution in [0, 0.1) is 17.3 Å². The van der Waals surface area contributed by atoms with E-state index in [1.54, 1.807) is 0 Å². The first-order valence-electron chi connectivity index (χ1n) is 8.54. The third-order valence-corrected chi connectivity index (χ3v) is 5.35. The summed E-state index contributed by atoms with van der Waals surface area (Å²) in [5, 5.41) is 3.23. The van der Waals surface area contributed by atoms with Gasteiger partial charge in [0.1, 0.15) is 0 Å². The van der Waals surface area contributed by atoms with Crippen LogP contribution in [0.25, 0.3) is 0 Å². The van der Waals surface area contributed by atoms with E-state index in [0.29, 0.717) is 18.0 Å². The van der Waals surface area contributed by atoms with Crippen LogP contribution >= 0.6 is 0 Å². The highest BCUT2D eigenvalue weighted by Gasteiger charge is 2.38. The largest absolute Gasteiger partial charge is 0.353 e. The molecule has 0 spiro atoms. The van der Waals surface area contributed by atoms with Crippen LogP contribution in [0.5, 0.6) is 0 Å². The fraction of sp³-hybridized carbons (Fsp3) is 0.882. The van der Waals surface area contributed by atoms with Crippen molar-refractivity contribution in [3.63, 3.8) is 0 Å². The van der Waals surface area contributed by atoms with E-state index in [1.165, 1.54) is 6.42 Å². The van der Waals surface area contributed by atoms with Crippen molar-refractivity contribution >= 4 is 11.8 Å². The minimum absolute atomic E-state index is 0.00478. The molecule has 2 unspecified atom stereocenters. The molecule has 3 fully saturated rings. The maximum absolute atomic E-state index is 12.5. The lowest BCUT2D eigenvalue weighted by molar-refractivity contribution is -0.137. The number of likely N-dealkylation sites (tertiary alicyclic amines) is 1. The molecule has 4 heteroatoms. The molecule has 0 aromatic carbocycles. The molecule has 3 rings (SSSR count). The molecular formula is C17H28N2O2. The number of carbonyl (C=O) groups excluding carboxylic acids is 2. The molecule has 0 bridgehead atoms. The van der Waals surface area contributed by atoms with Crippen LogP contribution in [0.1, 0.15) is 58.8 Å². The zero-order valence-electron chi connectivity index (χ0n) is 13.4. The van der Waals surface area contributed by atoms with Gasteiger partial charge in [-0.15, -0.1) is 0 Å². The summed E-state index contributed by atoms with van der Waals surface area (Å²) in [6.07, 6.45) is 7.34. The number of carbonyl (C=O) groups is 2. The zero-order chi connectivity index (χ0) is 15.0. The van der Waals surface area contributed by atoms with E-state index in [4.69, 9.17) is 0 Å². The molecule has 0 aromatic rings. The summed E-state index contributed by atoms with van der Waals surface area (Å²) in [5.41, 5.74) is 0.360. The van der Waals surface area contributed by atoms with Crippen molar-refractivity contribution in [3.8, 4) is 0 Å². The monoisotopic (exact) mass is 292 g/mol. The molecule has 1 aliphatic heterocycles. The number of hydrogen-bond donors (Lipinski definition) is 1. The Balaban J connectivity index is 1.51. The van der Waals surface area contributed by atoms with Crippen molar-refractivity contribution in [1.82, 2.24) is 10.2 Å². The van der Waals surface area contributed by atoms with Crippen molar-refractivity contribution < 1.29 is 9.59 Å². The Labute approximate surface area is 127 Å². The number of nitrogens with zero attached hydrogens (tertiary/aromatic N) is 1. The summed E-state index contributed by atoms with van der Waals surface area (Å²) in [4.78, 5) is 26.6. The van der Waals surface area contributed by atoms with Crippen molar-refractivity contribution in [2.24, 2.45) is 17.3 Å². The molecule has 2 saturated carbocycles. The molecule has 21 heavy (non-hydrogen) atoms. The summed E-state index contributed by atoms with van der Waals surface area (Å²) in [7, 11) is 0. The van der Waals surface area contributed by atoms with Gasteiger partial charge in [0.05, 0.1) is 5.92 Å². The van der Waals surface area contributed by atoms with Gasteiger partial charge in [0.2, 0.25) is 11.8 Å². The van der Waals surface area contributed by atoms with Gasteiger partial charge in [0, 0.05) is 25.0 Å². The molecule has 0 aromatic heterocycles. The highest BCUT2D eigenvalue weighted by molar-refractivity contribution is 5.83. The smallest absolute Gasteiger partial charge is 0.225 e. The number of amides is 2. The zero-order valence-corrected chi connectivity index (χ0v) is 13.4. The number of piperidine rings is 1. The third-order valence-electron chi connectivity index (χ3n) is 5.35. The highest BCUT2D eigenvalue weighted by atomic mass is 16.2. The molecule has 1 heterocycles. The van der Waals surface area contributed by atoms with Crippen molar-refractivity contribution in [2.75, 3.05) is 13.1 Å². The Kier molecular flexibility index (Phi) is 3.98. The summed E-state index contributed by atoms with van der Waals surface area (Å²) < 4.78 is 0. The second-order valence-corrected chi connectivity index (χ2v) is 8.01. The average Bonchev–Trinajstić information content (AvgIpc) is 3.23. The highest BCUT2D eigenvalue weighted by Crippen LogP contribution is 2.37. The molecule has 0 radical (unpaired) electrons. The molecule has 2 amide bonds. The first-order valence-corrected chi connectivity index (χ1v) is 8.54. The lowest BCUT2D eigenvalue weighted by atomic mass is 9.91. The van der Waals surface area contributed by atoms with E-state index >= 15 is 0 Å². The predicted molar refractivity (Wildman–Crippen MR) is 81.6 cm³/mol. The summed E-state index contributed by atoms with van der Waals surface area (Å²) in [6, 6.07) is 0.335. The van der Waals surface area contributed by atoms with Gasteiger partial charge in [0.15, 0.2) is 0 Å². The Bertz CT molecular complexity index is 429. The maximum Gasteiger partial charge on any atom is 0.225 e. The Hall–Kier alpha value is -1.06. The number of nitrogens with one attached hydrogen (secondary N) is 1. The van der Waals surface area contributed by atoms with E-state index in [-0.39, 0.29) is 23.7 Å². The van der Waals surface area contributed by atoms with E-state index in [1.807, 2.05) is 4.90 Å². The van der Waals surface area contributed by atoms with Gasteiger partial charge >= 0.3 is 0 Å². The van der Waals surface area contributed by atoms with Crippen molar-refractivity contribution in [2.45, 2.75) is 64.8 Å². The first-order chi connectivity index (χ1) is 9.94. The fourth-order valence-electron chi connectivity index (χ4n) is 3.86. The minimum Gasteiger partial charge on any atom is -0.353 e. The Morgan fingerprint density at radius 3 is 2.48 bits per heavy atom. The normalized spacial score (nSPS) is 32.0. The van der Waals surface area contributed by atoms with Crippen LogP contribution in [-0.2, 0) is 9.59 Å². The quantitative estimate of drug-likeness (QED) is 0.868. The SMILES string of the molecule is CC1(C)CCC(NC(=O)C2CCCN(C(=O)C3CC3)C2)C1. The molecule has 3 aliphatic rings. The number of rotatable bonds is 3. The van der Waals surface area contributed by atoms with Gasteiger partial charge < -0.3 is 10.2 Å². The lowest BCUT2D eigenvalue weighted by Gasteiger charge is -2.33. The van der Waals surface area contributed by atoms with Crippen LogP contribution in [0.15, 0.2) is 0 Å². The molecule has 4 nitrogen and oxygen atoms in total. The number of hydrogen-bond acceptors (Lipinski definition) is 2. The first kappa shape index (κ1) is 14.9. The van der Waals surface area contributed by atoms with E-state index in [2.05, 4.69) is 19.2 Å². The third kappa shape index (κ3) is 3.58. The topological polar surface area (TPSA) is 49.4 Å². The van der Waals surface area contributed by atoms with Crippen LogP contribution in [0.3, 0.4) is 0 Å². The predicted octanol–water partition coefficient (Wildman–Crippen LogP) is 2.33. The second-order valence-electron chi connectivity index (χ2n) is 8.01. The van der Waals surface area contributed by atoms with Crippen LogP contribution in [0.2, 0.25) is 0 Å². The fourth-order valence-corrected chi connectivity index (χ4v) is 3.86. The molecule has 2 aliphatic carbocycles. The average molecular weight is 292 g/mol. The van der Waals surface area contributed by atoms with Crippen LogP contribution in [0.4, 0.5) is 0 Å². The van der Waals surface area contributed by atoms with E-state index in [0.717, 1.165) is 45.1 Å². The summed E-state index contributed by atoms with van der Waals surface area (Å²) >= 11 is 0. The van der Waals surface area contributed by atoms with Gasteiger partial charge in [-0.05, 0) is 50.4 Å². The second kappa shape index (κ2) is 5.62. The van der Waals surface area contributed by atoms with Crippen molar-refractivity contribution in [3.05, 3.63) is 0 Å². The molecule has 2 atom stereocenters. The maximum atomic E-state index is 12.5. The lowest BCUT2D eigenvalue weighted by Crippen LogP contribution is -2.47. The summed E-state index contributed by atoms with van der Waals surface area (Å²) in [5.74, 6) is 0.730. The van der Waals surface area contributed by atoms with E-state index in [9.17, 15) is 9.59 Å². The Morgan fingerprint density at radius 2 is 1.86 bits per heavy atom. The minimum atomic E-state index is 0.00478. The van der Waals surface area contributed by atoms with Crippen molar-refractivity contribution in [1.29, 1.82) is 0 Å². The van der Waals surface area contributed by atoms with Crippen LogP contribution in [-0.4, -0.2) is 35.8 Å². The summed E-state index contributed by atoms with van der Waals surface area (Å²) in [6.45, 7) is 6.03. The van der Waals surface area contributed by atoms with E-state index < -0.39 is 0 Å². The van der Waals surface area contributed by atoms with Gasteiger partial charge in [-0.1, -0.05) is 13.8 Å². The Morgan fingerprint density at radius 1 is 1.10 bits per heavy atom. The molecule has 1 saturated heterocycles. The van der Waals surface area contributed by atoms with Crippen LogP contribution < -0.4 is 5.32 Å².